The first kappa shape index (κ1) is 14.2. The number of rotatable bonds is 3. The van der Waals surface area contributed by atoms with E-state index in [1.54, 1.807) is 31.8 Å². The first-order chi connectivity index (χ1) is 11.7. The van der Waals surface area contributed by atoms with Crippen molar-refractivity contribution in [1.82, 2.24) is 19.4 Å². The summed E-state index contributed by atoms with van der Waals surface area (Å²) >= 11 is 0. The van der Waals surface area contributed by atoms with Crippen LogP contribution in [0.2, 0.25) is 0 Å². The molecule has 4 aromatic heterocycles. The van der Waals surface area contributed by atoms with E-state index in [0.717, 1.165) is 27.9 Å². The molecule has 24 heavy (non-hydrogen) atoms. The number of anilines is 1. The van der Waals surface area contributed by atoms with Gasteiger partial charge in [0.15, 0.2) is 0 Å². The fourth-order valence-corrected chi connectivity index (χ4v) is 2.62. The lowest BCUT2D eigenvalue weighted by Gasteiger charge is -2.09. The van der Waals surface area contributed by atoms with E-state index in [-0.39, 0.29) is 0 Å². The van der Waals surface area contributed by atoms with Crippen LogP contribution in [0, 0.1) is 0 Å². The van der Waals surface area contributed by atoms with E-state index in [2.05, 4.69) is 15.0 Å². The fourth-order valence-electron chi connectivity index (χ4n) is 2.62. The summed E-state index contributed by atoms with van der Waals surface area (Å²) < 4.78 is 7.07. The normalized spacial score (nSPS) is 10.9. The van der Waals surface area contributed by atoms with Crippen molar-refractivity contribution in [1.29, 1.82) is 0 Å². The molecule has 2 N–H and O–H groups in total. The number of ether oxygens (including phenoxy) is 1. The van der Waals surface area contributed by atoms with Crippen molar-refractivity contribution in [3.05, 3.63) is 61.3 Å². The van der Waals surface area contributed by atoms with Crippen LogP contribution in [0.1, 0.15) is 0 Å². The summed E-state index contributed by atoms with van der Waals surface area (Å²) in [6.45, 7) is 0. The Hall–Kier alpha value is -3.41. The maximum atomic E-state index is 6.06. The molecule has 0 unspecified atom stereocenters. The molecule has 0 aliphatic rings. The van der Waals surface area contributed by atoms with Gasteiger partial charge in [0.05, 0.1) is 7.11 Å². The van der Waals surface area contributed by atoms with Gasteiger partial charge in [-0.15, -0.1) is 0 Å². The van der Waals surface area contributed by atoms with Crippen molar-refractivity contribution >= 4 is 11.5 Å². The number of nitrogens with two attached hydrogens (primary N) is 1. The topological polar surface area (TPSA) is 78.3 Å². The summed E-state index contributed by atoms with van der Waals surface area (Å²) in [4.78, 5) is 12.8. The Balaban J connectivity index is 1.79. The van der Waals surface area contributed by atoms with Crippen molar-refractivity contribution in [2.24, 2.45) is 0 Å². The van der Waals surface area contributed by atoms with Gasteiger partial charge in [0.2, 0.25) is 5.88 Å². The highest BCUT2D eigenvalue weighted by Crippen LogP contribution is 2.29. The first-order valence-corrected chi connectivity index (χ1v) is 7.43. The van der Waals surface area contributed by atoms with Crippen LogP contribution < -0.4 is 10.5 Å². The molecule has 0 aliphatic heterocycles. The number of nitrogens with zero attached hydrogens (tertiary/aromatic N) is 4. The Labute approximate surface area is 138 Å². The number of hydrogen-bond donors (Lipinski definition) is 1. The summed E-state index contributed by atoms with van der Waals surface area (Å²) in [6.07, 6.45) is 9.21. The molecule has 0 aliphatic carbocycles. The lowest BCUT2D eigenvalue weighted by atomic mass is 10.0. The van der Waals surface area contributed by atoms with E-state index in [0.29, 0.717) is 11.7 Å². The third-order valence-corrected chi connectivity index (χ3v) is 3.90. The SMILES string of the molecule is COc1ccc(-c2cc(-c3ccc4nccn4c3)cnc2N)cn1. The van der Waals surface area contributed by atoms with Gasteiger partial charge in [0.25, 0.3) is 0 Å². The van der Waals surface area contributed by atoms with Crippen molar-refractivity contribution < 1.29 is 4.74 Å². The molecule has 118 valence electrons. The maximum Gasteiger partial charge on any atom is 0.212 e. The zero-order chi connectivity index (χ0) is 16.5. The van der Waals surface area contributed by atoms with Gasteiger partial charge < -0.3 is 14.9 Å². The van der Waals surface area contributed by atoms with Crippen LogP contribution in [0.3, 0.4) is 0 Å². The highest BCUT2D eigenvalue weighted by atomic mass is 16.5. The van der Waals surface area contributed by atoms with Crippen LogP contribution in [-0.4, -0.2) is 26.5 Å². The van der Waals surface area contributed by atoms with Gasteiger partial charge in [-0.25, -0.2) is 15.0 Å². The van der Waals surface area contributed by atoms with E-state index >= 15 is 0 Å². The molecule has 0 amide bonds. The summed E-state index contributed by atoms with van der Waals surface area (Å²) in [5.41, 5.74) is 10.7. The monoisotopic (exact) mass is 317 g/mol. The Morgan fingerprint density at radius 3 is 2.58 bits per heavy atom. The summed E-state index contributed by atoms with van der Waals surface area (Å²) in [5, 5.41) is 0. The van der Waals surface area contributed by atoms with Crippen molar-refractivity contribution in [2.45, 2.75) is 0 Å². The number of hydrogen-bond acceptors (Lipinski definition) is 5. The number of imidazole rings is 1. The molecule has 0 bridgehead atoms. The zero-order valence-electron chi connectivity index (χ0n) is 13.0. The smallest absolute Gasteiger partial charge is 0.212 e. The molecule has 0 saturated carbocycles. The second-order valence-electron chi connectivity index (χ2n) is 5.36. The predicted octanol–water partition coefficient (Wildman–Crippen LogP) is 3.05. The summed E-state index contributed by atoms with van der Waals surface area (Å²) in [6, 6.07) is 9.73. The Bertz CT molecular complexity index is 1010. The minimum atomic E-state index is 0.467. The maximum absolute atomic E-state index is 6.06. The molecular weight excluding hydrogens is 302 g/mol. The lowest BCUT2D eigenvalue weighted by molar-refractivity contribution is 0.398. The van der Waals surface area contributed by atoms with Gasteiger partial charge in [0, 0.05) is 59.3 Å². The molecule has 6 nitrogen and oxygen atoms in total. The molecule has 6 heteroatoms. The summed E-state index contributed by atoms with van der Waals surface area (Å²) in [5.74, 6) is 1.03. The lowest BCUT2D eigenvalue weighted by Crippen LogP contribution is -1.96. The van der Waals surface area contributed by atoms with Crippen LogP contribution >= 0.6 is 0 Å². The predicted molar refractivity (Wildman–Crippen MR) is 92.6 cm³/mol. The van der Waals surface area contributed by atoms with Gasteiger partial charge >= 0.3 is 0 Å². The number of methoxy groups -OCH3 is 1. The van der Waals surface area contributed by atoms with Gasteiger partial charge in [-0.1, -0.05) is 0 Å². The summed E-state index contributed by atoms with van der Waals surface area (Å²) in [7, 11) is 1.59. The van der Waals surface area contributed by atoms with Crippen molar-refractivity contribution in [3.63, 3.8) is 0 Å². The Kier molecular flexibility index (Phi) is 3.35. The molecule has 4 aromatic rings. The Morgan fingerprint density at radius 2 is 1.79 bits per heavy atom. The Morgan fingerprint density at radius 1 is 0.958 bits per heavy atom. The van der Waals surface area contributed by atoms with E-state index in [1.165, 1.54) is 0 Å². The largest absolute Gasteiger partial charge is 0.481 e. The molecule has 0 aromatic carbocycles. The highest BCUT2D eigenvalue weighted by molar-refractivity contribution is 5.79. The zero-order valence-corrected chi connectivity index (χ0v) is 13.0. The average Bonchev–Trinajstić information content (AvgIpc) is 3.10. The standard InChI is InChI=1S/C18H15N5O/c1-24-17-5-3-12(9-21-17)15-8-14(10-22-18(15)19)13-2-4-16-20-6-7-23(16)11-13/h2-11H,1H3,(H2,19,22). The van der Waals surface area contributed by atoms with Gasteiger partial charge in [-0.3, -0.25) is 0 Å². The second-order valence-corrected chi connectivity index (χ2v) is 5.36. The van der Waals surface area contributed by atoms with Crippen LogP contribution in [0.15, 0.2) is 61.3 Å². The van der Waals surface area contributed by atoms with Crippen LogP contribution in [-0.2, 0) is 0 Å². The number of fused-ring (bicyclic) bond motifs is 1. The van der Waals surface area contributed by atoms with E-state index in [1.807, 2.05) is 41.1 Å². The molecule has 0 atom stereocenters. The molecular formula is C18H15N5O. The van der Waals surface area contributed by atoms with E-state index < -0.39 is 0 Å². The average molecular weight is 317 g/mol. The number of aromatic nitrogens is 4. The van der Waals surface area contributed by atoms with Gasteiger partial charge in [-0.05, 0) is 24.3 Å². The fraction of sp³-hybridized carbons (Fsp3) is 0.0556. The van der Waals surface area contributed by atoms with Crippen molar-refractivity contribution in [2.75, 3.05) is 12.8 Å². The minimum absolute atomic E-state index is 0.467. The molecule has 4 rings (SSSR count). The molecule has 4 heterocycles. The van der Waals surface area contributed by atoms with Gasteiger partial charge in [0.1, 0.15) is 11.5 Å². The second kappa shape index (κ2) is 5.66. The van der Waals surface area contributed by atoms with E-state index in [4.69, 9.17) is 10.5 Å². The van der Waals surface area contributed by atoms with Crippen LogP contribution in [0.4, 0.5) is 5.82 Å². The minimum Gasteiger partial charge on any atom is -0.481 e. The van der Waals surface area contributed by atoms with Crippen LogP contribution in [0.25, 0.3) is 27.9 Å². The first-order valence-electron chi connectivity index (χ1n) is 7.43. The molecule has 0 saturated heterocycles. The molecule has 0 spiro atoms. The quantitative estimate of drug-likeness (QED) is 0.628. The number of pyridine rings is 3. The third kappa shape index (κ3) is 2.44. The molecule has 0 radical (unpaired) electrons. The third-order valence-electron chi connectivity index (χ3n) is 3.90. The van der Waals surface area contributed by atoms with Gasteiger partial charge in [-0.2, -0.15) is 0 Å². The number of nitrogen functional groups attached to an aromatic ring is 1. The van der Waals surface area contributed by atoms with E-state index in [9.17, 15) is 0 Å². The highest BCUT2D eigenvalue weighted by Gasteiger charge is 2.09. The van der Waals surface area contributed by atoms with Crippen LogP contribution in [0.5, 0.6) is 5.88 Å². The van der Waals surface area contributed by atoms with Crippen molar-refractivity contribution in [3.8, 4) is 28.1 Å². The molecule has 0 fully saturated rings.